The van der Waals surface area contributed by atoms with Crippen molar-refractivity contribution >= 4 is 28.4 Å². The van der Waals surface area contributed by atoms with Gasteiger partial charge in [0.15, 0.2) is 0 Å². The van der Waals surface area contributed by atoms with Gasteiger partial charge in [-0.05, 0) is 58.3 Å². The van der Waals surface area contributed by atoms with Crippen LogP contribution in [-0.2, 0) is 0 Å². The average Bonchev–Trinajstić information content (AvgIpc) is 2.85. The third kappa shape index (κ3) is 5.92. The molecule has 1 aromatic carbocycles. The molecule has 1 amide bonds. The third-order valence-corrected chi connectivity index (χ3v) is 5.40. The van der Waals surface area contributed by atoms with Crippen LogP contribution < -0.4 is 15.8 Å². The zero-order valence-electron chi connectivity index (χ0n) is 20.7. The number of hydrogen-bond acceptors (Lipinski definition) is 8. The van der Waals surface area contributed by atoms with Crippen molar-refractivity contribution in [1.29, 1.82) is 0 Å². The SMILES string of the molecule is Cc1nc2cnc(N)c(C#Cc3cncc(C(=O)Nc4ccc(OCCN(C)C)cc4)c3)c2nc1C. The second kappa shape index (κ2) is 10.8. The Labute approximate surface area is 209 Å². The van der Waals surface area contributed by atoms with Crippen LogP contribution in [0.3, 0.4) is 0 Å². The van der Waals surface area contributed by atoms with Crippen LogP contribution >= 0.6 is 0 Å². The summed E-state index contributed by atoms with van der Waals surface area (Å²) in [5.74, 6) is 6.77. The van der Waals surface area contributed by atoms with Gasteiger partial charge in [-0.3, -0.25) is 9.78 Å². The molecule has 0 saturated carbocycles. The fourth-order valence-electron chi connectivity index (χ4n) is 3.29. The zero-order chi connectivity index (χ0) is 25.7. The summed E-state index contributed by atoms with van der Waals surface area (Å²) in [6.45, 7) is 5.18. The van der Waals surface area contributed by atoms with Crippen molar-refractivity contribution in [3.8, 4) is 17.6 Å². The number of anilines is 2. The van der Waals surface area contributed by atoms with Crippen molar-refractivity contribution in [3.05, 3.63) is 77.0 Å². The number of carbonyl (C=O) groups is 1. The molecule has 0 aliphatic heterocycles. The molecule has 0 atom stereocenters. The fraction of sp³-hybridized carbons (Fsp3) is 0.222. The summed E-state index contributed by atoms with van der Waals surface area (Å²) in [6.07, 6.45) is 4.66. The molecule has 36 heavy (non-hydrogen) atoms. The number of nitrogens with two attached hydrogens (primary N) is 1. The summed E-state index contributed by atoms with van der Waals surface area (Å²) in [5.41, 5.74) is 11.0. The molecule has 0 radical (unpaired) electrons. The summed E-state index contributed by atoms with van der Waals surface area (Å²) in [4.78, 5) is 32.3. The predicted octanol–water partition coefficient (Wildman–Crippen LogP) is 3.21. The lowest BCUT2D eigenvalue weighted by atomic mass is 10.1. The Balaban J connectivity index is 1.50. The van der Waals surface area contributed by atoms with E-state index in [-0.39, 0.29) is 11.7 Å². The number of fused-ring (bicyclic) bond motifs is 1. The van der Waals surface area contributed by atoms with Gasteiger partial charge < -0.3 is 20.7 Å². The molecule has 0 aliphatic rings. The van der Waals surface area contributed by atoms with Crippen molar-refractivity contribution < 1.29 is 9.53 Å². The number of carbonyl (C=O) groups excluding carboxylic acids is 1. The summed E-state index contributed by atoms with van der Waals surface area (Å²) in [5, 5.41) is 2.87. The highest BCUT2D eigenvalue weighted by molar-refractivity contribution is 6.04. The molecule has 0 saturated heterocycles. The van der Waals surface area contributed by atoms with E-state index in [0.29, 0.717) is 40.0 Å². The minimum atomic E-state index is -0.296. The number of nitrogens with zero attached hydrogens (tertiary/aromatic N) is 5. The standard InChI is InChI=1S/C27H27N7O2/c1-17-18(2)32-25-23(26(28)30-16-24(25)31-17)10-5-19-13-20(15-29-14-19)27(35)33-21-6-8-22(9-7-21)36-12-11-34(3)4/h6-9,13-16H,11-12H2,1-4H3,(H2,28,30)(H,33,35). The first-order valence-electron chi connectivity index (χ1n) is 11.4. The van der Waals surface area contributed by atoms with E-state index >= 15 is 0 Å². The highest BCUT2D eigenvalue weighted by atomic mass is 16.5. The smallest absolute Gasteiger partial charge is 0.257 e. The van der Waals surface area contributed by atoms with Gasteiger partial charge in [0.1, 0.15) is 29.2 Å². The molecule has 4 aromatic rings. The second-order valence-electron chi connectivity index (χ2n) is 8.49. The number of likely N-dealkylation sites (N-methyl/N-ethyl adjacent to an activating group) is 1. The van der Waals surface area contributed by atoms with Crippen LogP contribution in [0.1, 0.15) is 32.9 Å². The topological polar surface area (TPSA) is 119 Å². The van der Waals surface area contributed by atoms with Crippen LogP contribution in [0, 0.1) is 25.7 Å². The Hall–Kier alpha value is -4.55. The highest BCUT2D eigenvalue weighted by Gasteiger charge is 2.11. The monoisotopic (exact) mass is 481 g/mol. The Morgan fingerprint density at radius 3 is 2.56 bits per heavy atom. The first kappa shape index (κ1) is 24.6. The average molecular weight is 482 g/mol. The van der Waals surface area contributed by atoms with Crippen LogP contribution in [0.4, 0.5) is 11.5 Å². The van der Waals surface area contributed by atoms with Gasteiger partial charge in [0.25, 0.3) is 5.91 Å². The first-order chi connectivity index (χ1) is 17.3. The van der Waals surface area contributed by atoms with E-state index < -0.39 is 0 Å². The number of hydrogen-bond donors (Lipinski definition) is 2. The molecule has 3 N–H and O–H groups in total. The summed E-state index contributed by atoms with van der Waals surface area (Å²) < 4.78 is 5.69. The number of ether oxygens (including phenoxy) is 1. The number of pyridine rings is 2. The highest BCUT2D eigenvalue weighted by Crippen LogP contribution is 2.20. The maximum atomic E-state index is 12.8. The molecule has 0 aliphatic carbocycles. The molecule has 9 nitrogen and oxygen atoms in total. The Kier molecular flexibility index (Phi) is 7.37. The van der Waals surface area contributed by atoms with Crippen LogP contribution in [0.2, 0.25) is 0 Å². The van der Waals surface area contributed by atoms with Gasteiger partial charge in [-0.15, -0.1) is 0 Å². The first-order valence-corrected chi connectivity index (χ1v) is 11.4. The van der Waals surface area contributed by atoms with E-state index in [1.807, 2.05) is 45.0 Å². The van der Waals surface area contributed by atoms with Crippen molar-refractivity contribution in [2.45, 2.75) is 13.8 Å². The lowest BCUT2D eigenvalue weighted by molar-refractivity contribution is 0.102. The van der Waals surface area contributed by atoms with E-state index in [0.717, 1.165) is 23.7 Å². The van der Waals surface area contributed by atoms with Crippen molar-refractivity contribution in [3.63, 3.8) is 0 Å². The molecule has 9 heteroatoms. The quantitative estimate of drug-likeness (QED) is 0.403. The second-order valence-corrected chi connectivity index (χ2v) is 8.49. The van der Waals surface area contributed by atoms with Crippen molar-refractivity contribution in [2.24, 2.45) is 0 Å². The van der Waals surface area contributed by atoms with Crippen molar-refractivity contribution in [2.75, 3.05) is 38.3 Å². The number of aromatic nitrogens is 4. The maximum absolute atomic E-state index is 12.8. The lowest BCUT2D eigenvalue weighted by Crippen LogP contribution is -2.19. The molecular weight excluding hydrogens is 454 g/mol. The molecule has 4 rings (SSSR count). The van der Waals surface area contributed by atoms with E-state index in [1.165, 1.54) is 6.20 Å². The summed E-state index contributed by atoms with van der Waals surface area (Å²) >= 11 is 0. The maximum Gasteiger partial charge on any atom is 0.257 e. The van der Waals surface area contributed by atoms with Gasteiger partial charge in [-0.25, -0.2) is 15.0 Å². The molecule has 0 fully saturated rings. The number of aryl methyl sites for hydroxylation is 2. The van der Waals surface area contributed by atoms with E-state index in [1.54, 1.807) is 30.6 Å². The summed E-state index contributed by atoms with van der Waals surface area (Å²) in [6, 6.07) is 8.90. The number of rotatable bonds is 6. The molecule has 3 aromatic heterocycles. The van der Waals surface area contributed by atoms with Crippen LogP contribution in [0.15, 0.2) is 48.9 Å². The van der Waals surface area contributed by atoms with Crippen LogP contribution in [-0.4, -0.2) is 58.0 Å². The number of nitrogen functional groups attached to an aromatic ring is 1. The molecule has 182 valence electrons. The Morgan fingerprint density at radius 1 is 1.06 bits per heavy atom. The van der Waals surface area contributed by atoms with E-state index in [4.69, 9.17) is 10.5 Å². The van der Waals surface area contributed by atoms with Gasteiger partial charge in [-0.1, -0.05) is 11.8 Å². The third-order valence-electron chi connectivity index (χ3n) is 5.40. The van der Waals surface area contributed by atoms with Crippen LogP contribution in [0.5, 0.6) is 5.75 Å². The van der Waals surface area contributed by atoms with Crippen molar-refractivity contribution in [1.82, 2.24) is 24.8 Å². The fourth-order valence-corrected chi connectivity index (χ4v) is 3.29. The molecular formula is C27H27N7O2. The number of nitrogens with one attached hydrogen (secondary N) is 1. The van der Waals surface area contributed by atoms with E-state index in [2.05, 4.69) is 37.1 Å². The van der Waals surface area contributed by atoms with Gasteiger partial charge in [0.05, 0.1) is 28.7 Å². The largest absolute Gasteiger partial charge is 0.492 e. The molecule has 0 unspecified atom stereocenters. The van der Waals surface area contributed by atoms with Crippen LogP contribution in [0.25, 0.3) is 11.0 Å². The van der Waals surface area contributed by atoms with Gasteiger partial charge >= 0.3 is 0 Å². The minimum absolute atomic E-state index is 0.267. The molecule has 0 bridgehead atoms. The Bertz CT molecular complexity index is 1470. The molecule has 0 spiro atoms. The Morgan fingerprint density at radius 2 is 1.81 bits per heavy atom. The van der Waals surface area contributed by atoms with Gasteiger partial charge in [0, 0.05) is 30.2 Å². The lowest BCUT2D eigenvalue weighted by Gasteiger charge is -2.11. The summed E-state index contributed by atoms with van der Waals surface area (Å²) in [7, 11) is 3.98. The number of benzene rings is 1. The minimum Gasteiger partial charge on any atom is -0.492 e. The predicted molar refractivity (Wildman–Crippen MR) is 140 cm³/mol. The normalized spacial score (nSPS) is 10.7. The zero-order valence-corrected chi connectivity index (χ0v) is 20.7. The molecule has 3 heterocycles. The van der Waals surface area contributed by atoms with E-state index in [9.17, 15) is 4.79 Å². The van der Waals surface area contributed by atoms with Gasteiger partial charge in [0.2, 0.25) is 0 Å². The number of amides is 1. The van der Waals surface area contributed by atoms with Gasteiger partial charge in [-0.2, -0.15) is 0 Å².